The summed E-state index contributed by atoms with van der Waals surface area (Å²) in [5, 5.41) is 1.32. The molecule has 0 radical (unpaired) electrons. The van der Waals surface area contributed by atoms with Gasteiger partial charge in [0.15, 0.2) is 0 Å². The highest BCUT2D eigenvalue weighted by Crippen LogP contribution is 2.30. The summed E-state index contributed by atoms with van der Waals surface area (Å²) in [4.78, 5) is 0. The van der Waals surface area contributed by atoms with Gasteiger partial charge in [-0.05, 0) is 41.0 Å². The molecule has 0 aliphatic heterocycles. The van der Waals surface area contributed by atoms with Gasteiger partial charge < -0.3 is 4.74 Å². The van der Waals surface area contributed by atoms with E-state index in [2.05, 4.69) is 12.1 Å². The maximum absolute atomic E-state index is 6.32. The van der Waals surface area contributed by atoms with Crippen molar-refractivity contribution in [3.63, 3.8) is 0 Å². The van der Waals surface area contributed by atoms with Crippen molar-refractivity contribution in [2.75, 3.05) is 0 Å². The number of ether oxygens (including phenoxy) is 1. The Bertz CT molecular complexity index is 752. The minimum Gasteiger partial charge on any atom is -0.487 e. The molecule has 0 fully saturated rings. The van der Waals surface area contributed by atoms with Gasteiger partial charge in [0.05, 0.1) is 5.02 Å². The molecule has 0 aromatic heterocycles. The molecule has 110 valence electrons. The van der Waals surface area contributed by atoms with Crippen molar-refractivity contribution in [2.24, 2.45) is 0 Å². The fourth-order valence-corrected chi connectivity index (χ4v) is 2.53. The van der Waals surface area contributed by atoms with Crippen molar-refractivity contribution in [1.82, 2.24) is 0 Å². The minimum absolute atomic E-state index is 0.460. The lowest BCUT2D eigenvalue weighted by molar-refractivity contribution is 0.306. The van der Waals surface area contributed by atoms with Gasteiger partial charge in [-0.2, -0.15) is 0 Å². The predicted molar refractivity (Wildman–Crippen MR) is 92.7 cm³/mol. The highest BCUT2D eigenvalue weighted by atomic mass is 35.5. The van der Waals surface area contributed by atoms with Gasteiger partial charge in [0.25, 0.3) is 0 Å². The Hall–Kier alpha value is -1.96. The number of rotatable bonds is 4. The standard InChI is InChI=1S/C19H14Cl2O/c20-17-9-6-14(7-10-17)13-22-19-11-8-16(12-18(19)21)15-4-2-1-3-5-15/h1-12H,13H2. The Morgan fingerprint density at radius 3 is 2.14 bits per heavy atom. The SMILES string of the molecule is Clc1ccc(COc2ccc(-c3ccccc3)cc2Cl)cc1. The van der Waals surface area contributed by atoms with E-state index in [1.165, 1.54) is 0 Å². The molecule has 0 spiro atoms. The van der Waals surface area contributed by atoms with Crippen LogP contribution >= 0.6 is 23.2 Å². The summed E-state index contributed by atoms with van der Waals surface area (Å²) in [5.41, 5.74) is 3.26. The van der Waals surface area contributed by atoms with Gasteiger partial charge in [0.1, 0.15) is 12.4 Å². The molecule has 0 aliphatic rings. The zero-order valence-electron chi connectivity index (χ0n) is 11.8. The van der Waals surface area contributed by atoms with Crippen LogP contribution in [0.2, 0.25) is 10.0 Å². The molecule has 0 heterocycles. The minimum atomic E-state index is 0.460. The first-order valence-electron chi connectivity index (χ1n) is 6.94. The number of halogens is 2. The van der Waals surface area contributed by atoms with E-state index in [0.717, 1.165) is 16.7 Å². The Balaban J connectivity index is 1.74. The first-order valence-corrected chi connectivity index (χ1v) is 7.70. The van der Waals surface area contributed by atoms with Crippen molar-refractivity contribution >= 4 is 23.2 Å². The Morgan fingerprint density at radius 2 is 1.45 bits per heavy atom. The second kappa shape index (κ2) is 6.87. The maximum Gasteiger partial charge on any atom is 0.138 e. The van der Waals surface area contributed by atoms with Crippen LogP contribution in [-0.2, 0) is 6.61 Å². The van der Waals surface area contributed by atoms with E-state index < -0.39 is 0 Å². The largest absolute Gasteiger partial charge is 0.487 e. The van der Waals surface area contributed by atoms with E-state index in [-0.39, 0.29) is 0 Å². The number of benzene rings is 3. The van der Waals surface area contributed by atoms with Gasteiger partial charge in [-0.15, -0.1) is 0 Å². The third-order valence-electron chi connectivity index (χ3n) is 3.35. The molecular weight excluding hydrogens is 315 g/mol. The molecule has 0 bridgehead atoms. The van der Waals surface area contributed by atoms with Gasteiger partial charge in [-0.25, -0.2) is 0 Å². The van der Waals surface area contributed by atoms with Crippen molar-refractivity contribution in [2.45, 2.75) is 6.61 Å². The monoisotopic (exact) mass is 328 g/mol. The van der Waals surface area contributed by atoms with Gasteiger partial charge in [-0.3, -0.25) is 0 Å². The van der Waals surface area contributed by atoms with Crippen LogP contribution in [0.1, 0.15) is 5.56 Å². The number of hydrogen-bond acceptors (Lipinski definition) is 1. The Morgan fingerprint density at radius 1 is 0.727 bits per heavy atom. The molecule has 0 aliphatic carbocycles. The molecule has 0 saturated heterocycles. The summed E-state index contributed by atoms with van der Waals surface area (Å²) in [6.07, 6.45) is 0. The Labute approximate surface area is 140 Å². The van der Waals surface area contributed by atoms with E-state index in [1.807, 2.05) is 60.7 Å². The zero-order valence-corrected chi connectivity index (χ0v) is 13.3. The summed E-state index contributed by atoms with van der Waals surface area (Å²) in [7, 11) is 0. The summed E-state index contributed by atoms with van der Waals surface area (Å²) >= 11 is 12.2. The average Bonchev–Trinajstić information content (AvgIpc) is 2.56. The smallest absolute Gasteiger partial charge is 0.138 e. The lowest BCUT2D eigenvalue weighted by Gasteiger charge is -2.10. The second-order valence-electron chi connectivity index (χ2n) is 4.93. The van der Waals surface area contributed by atoms with Gasteiger partial charge in [0.2, 0.25) is 0 Å². The zero-order chi connectivity index (χ0) is 15.4. The van der Waals surface area contributed by atoms with Crippen molar-refractivity contribution in [3.05, 3.63) is 88.4 Å². The van der Waals surface area contributed by atoms with E-state index in [1.54, 1.807) is 0 Å². The van der Waals surface area contributed by atoms with E-state index in [0.29, 0.717) is 22.4 Å². The molecule has 3 aromatic carbocycles. The molecule has 0 saturated carbocycles. The van der Waals surface area contributed by atoms with E-state index in [9.17, 15) is 0 Å². The second-order valence-corrected chi connectivity index (χ2v) is 5.77. The summed E-state index contributed by atoms with van der Waals surface area (Å²) in [6.45, 7) is 0.460. The number of hydrogen-bond donors (Lipinski definition) is 0. The van der Waals surface area contributed by atoms with Gasteiger partial charge in [-0.1, -0.05) is 71.7 Å². The fourth-order valence-electron chi connectivity index (χ4n) is 2.17. The molecule has 0 N–H and O–H groups in total. The predicted octanol–water partition coefficient (Wildman–Crippen LogP) is 6.24. The van der Waals surface area contributed by atoms with Crippen LogP contribution in [0.15, 0.2) is 72.8 Å². The molecule has 0 unspecified atom stereocenters. The van der Waals surface area contributed by atoms with Crippen LogP contribution in [0.3, 0.4) is 0 Å². The molecular formula is C19H14Cl2O. The highest BCUT2D eigenvalue weighted by molar-refractivity contribution is 6.32. The molecule has 3 rings (SSSR count). The topological polar surface area (TPSA) is 9.23 Å². The lowest BCUT2D eigenvalue weighted by Crippen LogP contribution is -1.95. The molecule has 22 heavy (non-hydrogen) atoms. The van der Waals surface area contributed by atoms with Crippen LogP contribution in [0.5, 0.6) is 5.75 Å². The van der Waals surface area contributed by atoms with Crippen LogP contribution in [0.25, 0.3) is 11.1 Å². The highest BCUT2D eigenvalue weighted by Gasteiger charge is 2.05. The fraction of sp³-hybridized carbons (Fsp3) is 0.0526. The van der Waals surface area contributed by atoms with E-state index in [4.69, 9.17) is 27.9 Å². The van der Waals surface area contributed by atoms with Crippen molar-refractivity contribution in [1.29, 1.82) is 0 Å². The van der Waals surface area contributed by atoms with Crippen molar-refractivity contribution < 1.29 is 4.74 Å². The summed E-state index contributed by atoms with van der Waals surface area (Å²) in [5.74, 6) is 0.677. The van der Waals surface area contributed by atoms with Crippen LogP contribution in [0, 0.1) is 0 Å². The average molecular weight is 329 g/mol. The third-order valence-corrected chi connectivity index (χ3v) is 3.89. The Kier molecular flexibility index (Phi) is 4.67. The summed E-state index contributed by atoms with van der Waals surface area (Å²) < 4.78 is 5.78. The van der Waals surface area contributed by atoms with Crippen LogP contribution in [0.4, 0.5) is 0 Å². The lowest BCUT2D eigenvalue weighted by atomic mass is 10.1. The molecule has 3 aromatic rings. The summed E-state index contributed by atoms with van der Waals surface area (Å²) in [6, 6.07) is 23.5. The quantitative estimate of drug-likeness (QED) is 0.550. The molecule has 1 nitrogen and oxygen atoms in total. The third kappa shape index (κ3) is 3.62. The molecule has 3 heteroatoms. The first kappa shape index (κ1) is 15.0. The first-order chi connectivity index (χ1) is 10.7. The maximum atomic E-state index is 6.32. The van der Waals surface area contributed by atoms with Crippen LogP contribution < -0.4 is 4.74 Å². The molecule has 0 amide bonds. The molecule has 0 atom stereocenters. The van der Waals surface area contributed by atoms with Crippen LogP contribution in [-0.4, -0.2) is 0 Å². The van der Waals surface area contributed by atoms with Gasteiger partial charge in [0, 0.05) is 5.02 Å². The van der Waals surface area contributed by atoms with Gasteiger partial charge >= 0.3 is 0 Å². The van der Waals surface area contributed by atoms with Crippen molar-refractivity contribution in [3.8, 4) is 16.9 Å². The normalized spacial score (nSPS) is 10.5. The van der Waals surface area contributed by atoms with E-state index >= 15 is 0 Å².